The van der Waals surface area contributed by atoms with E-state index in [0.29, 0.717) is 6.42 Å². The Morgan fingerprint density at radius 1 is 1.21 bits per heavy atom. The Morgan fingerprint density at radius 2 is 2.00 bits per heavy atom. The predicted molar refractivity (Wildman–Crippen MR) is 124 cm³/mol. The average molecular weight is 474 g/mol. The second kappa shape index (κ2) is 9.16. The number of hydrogen-bond acceptors (Lipinski definition) is 7. The summed E-state index contributed by atoms with van der Waals surface area (Å²) in [5, 5.41) is 2.88. The van der Waals surface area contributed by atoms with Crippen molar-refractivity contribution in [1.29, 1.82) is 0 Å². The van der Waals surface area contributed by atoms with Gasteiger partial charge in [-0.05, 0) is 70.6 Å². The molecule has 2 heterocycles. The lowest BCUT2D eigenvalue weighted by Gasteiger charge is -2.17. The number of aryl methyl sites for hydroxylation is 3. The van der Waals surface area contributed by atoms with Crippen LogP contribution in [0.2, 0.25) is 0 Å². The topological polar surface area (TPSA) is 105 Å². The summed E-state index contributed by atoms with van der Waals surface area (Å²) < 4.78 is 44.2. The van der Waals surface area contributed by atoms with Gasteiger partial charge < -0.3 is 14.8 Å². The highest BCUT2D eigenvalue weighted by molar-refractivity contribution is 7.89. The van der Waals surface area contributed by atoms with Crippen molar-refractivity contribution in [2.45, 2.75) is 31.1 Å². The largest absolute Gasteiger partial charge is 0.330 e. The van der Waals surface area contributed by atoms with Crippen molar-refractivity contribution < 1.29 is 12.8 Å². The summed E-state index contributed by atoms with van der Waals surface area (Å²) in [6.45, 7) is 2.97. The van der Waals surface area contributed by atoms with Crippen LogP contribution >= 0.6 is 0 Å². The molecule has 1 aliphatic carbocycles. The molecule has 0 aliphatic heterocycles. The van der Waals surface area contributed by atoms with E-state index in [2.05, 4.69) is 25.0 Å². The molecule has 11 heteroatoms. The minimum atomic E-state index is -3.80. The standard InChI is InChI=1S/C22H28FN7O2S/c1-14-26-19-8-6-15-13-24-22(28-20(15)21(19)30(14)4)27-18-9-7-16(12-17(18)23)33(31,32)25-10-5-11-29(2)3/h7,9,12-13,25H,5-6,8,10-11H2,1-4H3,(H,24,27,28). The van der Waals surface area contributed by atoms with Crippen molar-refractivity contribution in [3.8, 4) is 11.4 Å². The van der Waals surface area contributed by atoms with Gasteiger partial charge in [0.05, 0.1) is 27.7 Å². The van der Waals surface area contributed by atoms with Crippen LogP contribution in [0.5, 0.6) is 0 Å². The van der Waals surface area contributed by atoms with E-state index in [-0.39, 0.29) is 23.1 Å². The van der Waals surface area contributed by atoms with E-state index in [4.69, 9.17) is 0 Å². The number of fused-ring (bicyclic) bond motifs is 3. The van der Waals surface area contributed by atoms with Crippen LogP contribution in [0.1, 0.15) is 23.5 Å². The summed E-state index contributed by atoms with van der Waals surface area (Å²) in [5.74, 6) is 0.431. The minimum Gasteiger partial charge on any atom is -0.330 e. The minimum absolute atomic E-state index is 0.0960. The molecular weight excluding hydrogens is 445 g/mol. The second-order valence-electron chi connectivity index (χ2n) is 8.40. The molecule has 9 nitrogen and oxygen atoms in total. The summed E-state index contributed by atoms with van der Waals surface area (Å²) in [4.78, 5) is 15.4. The molecule has 0 unspecified atom stereocenters. The first kappa shape index (κ1) is 23.3. The maximum atomic E-state index is 14.8. The second-order valence-corrected chi connectivity index (χ2v) is 10.2. The highest BCUT2D eigenvalue weighted by atomic mass is 32.2. The third-order valence-electron chi connectivity index (χ3n) is 5.68. The zero-order chi connectivity index (χ0) is 23.8. The monoisotopic (exact) mass is 473 g/mol. The van der Waals surface area contributed by atoms with Gasteiger partial charge in [0.2, 0.25) is 16.0 Å². The van der Waals surface area contributed by atoms with E-state index in [1.165, 1.54) is 12.1 Å². The Morgan fingerprint density at radius 3 is 2.73 bits per heavy atom. The molecule has 33 heavy (non-hydrogen) atoms. The van der Waals surface area contributed by atoms with E-state index in [9.17, 15) is 12.8 Å². The summed E-state index contributed by atoms with van der Waals surface area (Å²) >= 11 is 0. The van der Waals surface area contributed by atoms with Crippen LogP contribution in [-0.4, -0.2) is 60.0 Å². The normalized spacial score (nSPS) is 13.2. The van der Waals surface area contributed by atoms with Crippen molar-refractivity contribution in [2.75, 3.05) is 32.5 Å². The molecule has 0 amide bonds. The zero-order valence-electron chi connectivity index (χ0n) is 19.2. The van der Waals surface area contributed by atoms with Gasteiger partial charge in [0, 0.05) is 19.8 Å². The third kappa shape index (κ3) is 4.90. The summed E-state index contributed by atoms with van der Waals surface area (Å²) in [6, 6.07) is 3.74. The van der Waals surface area contributed by atoms with E-state index in [1.54, 1.807) is 6.20 Å². The smallest absolute Gasteiger partial charge is 0.240 e. The first-order valence-corrected chi connectivity index (χ1v) is 12.2. The molecule has 0 bridgehead atoms. The van der Waals surface area contributed by atoms with E-state index in [0.717, 1.165) is 53.9 Å². The fourth-order valence-electron chi connectivity index (χ4n) is 3.83. The fraction of sp³-hybridized carbons (Fsp3) is 0.409. The molecule has 176 valence electrons. The lowest BCUT2D eigenvalue weighted by atomic mass is 9.98. The molecule has 0 saturated carbocycles. The highest BCUT2D eigenvalue weighted by Gasteiger charge is 2.24. The maximum Gasteiger partial charge on any atom is 0.240 e. The van der Waals surface area contributed by atoms with Crippen LogP contribution in [-0.2, 0) is 29.9 Å². The molecule has 3 aromatic rings. The number of benzene rings is 1. The molecule has 0 fully saturated rings. The molecule has 0 atom stereocenters. The molecule has 0 saturated heterocycles. The predicted octanol–water partition coefficient (Wildman–Crippen LogP) is 2.40. The van der Waals surface area contributed by atoms with Crippen LogP contribution in [0.15, 0.2) is 29.3 Å². The maximum absolute atomic E-state index is 14.8. The number of hydrogen-bond donors (Lipinski definition) is 2. The fourth-order valence-corrected chi connectivity index (χ4v) is 4.91. The number of nitrogens with one attached hydrogen (secondary N) is 2. The number of nitrogens with zero attached hydrogens (tertiary/aromatic N) is 5. The number of halogens is 1. The molecule has 0 spiro atoms. The van der Waals surface area contributed by atoms with Crippen LogP contribution in [0.25, 0.3) is 11.4 Å². The molecule has 4 rings (SSSR count). The number of imidazole rings is 1. The van der Waals surface area contributed by atoms with Crippen LogP contribution in [0.3, 0.4) is 0 Å². The summed E-state index contributed by atoms with van der Waals surface area (Å²) in [5.41, 5.74) is 3.82. The van der Waals surface area contributed by atoms with E-state index < -0.39 is 15.8 Å². The van der Waals surface area contributed by atoms with Gasteiger partial charge in [0.1, 0.15) is 11.6 Å². The first-order chi connectivity index (χ1) is 15.7. The molecule has 2 N–H and O–H groups in total. The van der Waals surface area contributed by atoms with Gasteiger partial charge in [0.15, 0.2) is 0 Å². The van der Waals surface area contributed by atoms with E-state index in [1.807, 2.05) is 37.5 Å². The van der Waals surface area contributed by atoms with E-state index >= 15 is 0 Å². The van der Waals surface area contributed by atoms with Gasteiger partial charge in [-0.1, -0.05) is 0 Å². The van der Waals surface area contributed by atoms with Gasteiger partial charge >= 0.3 is 0 Å². The molecule has 1 aromatic carbocycles. The average Bonchev–Trinajstić information content (AvgIpc) is 3.06. The van der Waals surface area contributed by atoms with Gasteiger partial charge in [0.25, 0.3) is 0 Å². The SMILES string of the molecule is Cc1nc2c(n1C)-c1nc(Nc3ccc(S(=O)(=O)NCCCN(C)C)cc3F)ncc1CC2. The quantitative estimate of drug-likeness (QED) is 0.484. The zero-order valence-corrected chi connectivity index (χ0v) is 20.0. The molecule has 1 aliphatic rings. The number of sulfonamides is 1. The van der Waals surface area contributed by atoms with Crippen molar-refractivity contribution in [2.24, 2.45) is 7.05 Å². The Labute approximate surface area is 193 Å². The first-order valence-electron chi connectivity index (χ1n) is 10.7. The summed E-state index contributed by atoms with van der Waals surface area (Å²) in [7, 11) is 1.98. The van der Waals surface area contributed by atoms with Crippen LogP contribution in [0, 0.1) is 12.7 Å². The molecule has 2 aromatic heterocycles. The Bertz CT molecular complexity index is 1290. The van der Waals surface area contributed by atoms with Crippen molar-refractivity contribution in [3.05, 3.63) is 47.3 Å². The van der Waals surface area contributed by atoms with Gasteiger partial charge in [-0.3, -0.25) is 0 Å². The Kier molecular flexibility index (Phi) is 6.46. The van der Waals surface area contributed by atoms with Gasteiger partial charge in [-0.2, -0.15) is 0 Å². The van der Waals surface area contributed by atoms with Crippen molar-refractivity contribution in [1.82, 2.24) is 29.1 Å². The van der Waals surface area contributed by atoms with Crippen molar-refractivity contribution >= 4 is 21.7 Å². The summed E-state index contributed by atoms with van der Waals surface area (Å²) in [6.07, 6.45) is 4.02. The van der Waals surface area contributed by atoms with Gasteiger partial charge in [-0.15, -0.1) is 0 Å². The number of rotatable bonds is 8. The lowest BCUT2D eigenvalue weighted by Crippen LogP contribution is -2.27. The van der Waals surface area contributed by atoms with Crippen molar-refractivity contribution in [3.63, 3.8) is 0 Å². The molecule has 0 radical (unpaired) electrons. The number of aromatic nitrogens is 4. The third-order valence-corrected chi connectivity index (χ3v) is 7.14. The lowest BCUT2D eigenvalue weighted by molar-refractivity contribution is 0.400. The van der Waals surface area contributed by atoms with Gasteiger partial charge in [-0.25, -0.2) is 32.5 Å². The van der Waals surface area contributed by atoms with Crippen LogP contribution < -0.4 is 10.0 Å². The van der Waals surface area contributed by atoms with Crippen LogP contribution in [0.4, 0.5) is 16.0 Å². The Balaban J connectivity index is 1.53. The number of anilines is 2. The highest BCUT2D eigenvalue weighted by Crippen LogP contribution is 2.33. The molecular formula is C22H28FN7O2S. The Hall–Kier alpha value is -2.89.